The van der Waals surface area contributed by atoms with E-state index in [1.54, 1.807) is 6.08 Å². The Bertz CT molecular complexity index is 1000. The van der Waals surface area contributed by atoms with E-state index in [4.69, 9.17) is 4.74 Å². The number of ether oxygens (including phenoxy) is 1. The van der Waals surface area contributed by atoms with Crippen molar-refractivity contribution >= 4 is 23.6 Å². The number of nitrogens with one attached hydrogen (secondary N) is 1. The van der Waals surface area contributed by atoms with E-state index in [-0.39, 0.29) is 12.3 Å². The number of nitrogens with zero attached hydrogens (tertiary/aromatic N) is 2. The van der Waals surface area contributed by atoms with Crippen LogP contribution in [0.15, 0.2) is 79.0 Å². The first kappa shape index (κ1) is 20.7. The zero-order chi connectivity index (χ0) is 21.2. The molecule has 0 fully saturated rings. The van der Waals surface area contributed by atoms with Crippen LogP contribution in [0.1, 0.15) is 12.0 Å². The van der Waals surface area contributed by atoms with Crippen molar-refractivity contribution < 1.29 is 14.5 Å². The van der Waals surface area contributed by atoms with Gasteiger partial charge < -0.3 is 10.1 Å². The van der Waals surface area contributed by atoms with Gasteiger partial charge in [0.1, 0.15) is 12.0 Å². The van der Waals surface area contributed by atoms with Gasteiger partial charge in [0.05, 0.1) is 11.5 Å². The van der Waals surface area contributed by atoms with Gasteiger partial charge in [-0.25, -0.2) is 9.78 Å². The average Bonchev–Trinajstić information content (AvgIpc) is 2.79. The van der Waals surface area contributed by atoms with E-state index >= 15 is 0 Å². The number of carbonyl (C=O) groups is 1. The summed E-state index contributed by atoms with van der Waals surface area (Å²) in [5.74, 6) is 0.126. The fourth-order valence-corrected chi connectivity index (χ4v) is 2.69. The molecule has 30 heavy (non-hydrogen) atoms. The van der Waals surface area contributed by atoms with Crippen molar-refractivity contribution in [1.82, 2.24) is 4.98 Å². The van der Waals surface area contributed by atoms with Gasteiger partial charge in [0.2, 0.25) is 0 Å². The SMILES string of the molecule is O=C(/C=C/c1ccc(-c2ccccc2)cc1)OCCCNc1ccc([N+](=O)[O-])cn1. The van der Waals surface area contributed by atoms with Crippen LogP contribution in [0.3, 0.4) is 0 Å². The van der Waals surface area contributed by atoms with Gasteiger partial charge in [-0.05, 0) is 35.3 Å². The number of pyridine rings is 1. The lowest BCUT2D eigenvalue weighted by molar-refractivity contribution is -0.385. The smallest absolute Gasteiger partial charge is 0.330 e. The minimum Gasteiger partial charge on any atom is -0.462 e. The summed E-state index contributed by atoms with van der Waals surface area (Å²) >= 11 is 0. The summed E-state index contributed by atoms with van der Waals surface area (Å²) in [7, 11) is 0. The van der Waals surface area contributed by atoms with E-state index < -0.39 is 10.9 Å². The number of benzene rings is 2. The lowest BCUT2D eigenvalue weighted by Crippen LogP contribution is -2.09. The van der Waals surface area contributed by atoms with Crippen molar-refractivity contribution in [3.05, 3.63) is 94.7 Å². The zero-order valence-electron chi connectivity index (χ0n) is 16.2. The Morgan fingerprint density at radius 1 is 1.03 bits per heavy atom. The minimum atomic E-state index is -0.499. The molecule has 0 radical (unpaired) electrons. The van der Waals surface area contributed by atoms with Crippen LogP contribution < -0.4 is 5.32 Å². The van der Waals surface area contributed by atoms with Crippen LogP contribution in [0.2, 0.25) is 0 Å². The Labute approximate surface area is 174 Å². The van der Waals surface area contributed by atoms with Crippen LogP contribution in [0.4, 0.5) is 11.5 Å². The molecule has 2 aromatic carbocycles. The summed E-state index contributed by atoms with van der Waals surface area (Å²) in [6, 6.07) is 20.9. The largest absolute Gasteiger partial charge is 0.462 e. The first-order chi connectivity index (χ1) is 14.6. The molecule has 0 bridgehead atoms. The topological polar surface area (TPSA) is 94.4 Å². The third-order valence-corrected chi connectivity index (χ3v) is 4.26. The molecule has 0 amide bonds. The first-order valence-corrected chi connectivity index (χ1v) is 9.46. The van der Waals surface area contributed by atoms with Gasteiger partial charge in [-0.2, -0.15) is 0 Å². The van der Waals surface area contributed by atoms with Gasteiger partial charge >= 0.3 is 5.97 Å². The van der Waals surface area contributed by atoms with E-state index in [1.165, 1.54) is 24.4 Å². The third kappa shape index (κ3) is 6.27. The highest BCUT2D eigenvalue weighted by Crippen LogP contribution is 2.19. The molecule has 1 N–H and O–H groups in total. The number of aromatic nitrogens is 1. The van der Waals surface area contributed by atoms with Gasteiger partial charge in [0.15, 0.2) is 0 Å². The molecule has 0 spiro atoms. The predicted molar refractivity (Wildman–Crippen MR) is 116 cm³/mol. The standard InChI is InChI=1S/C23H21N3O4/c27-23(30-16-4-15-24-22-13-12-21(17-25-22)26(28)29)14-9-18-7-10-20(11-8-18)19-5-2-1-3-6-19/h1-3,5-14,17H,4,15-16H2,(H,24,25)/b14-9+. The van der Waals surface area contributed by atoms with E-state index in [9.17, 15) is 14.9 Å². The van der Waals surface area contributed by atoms with Gasteiger partial charge in [-0.1, -0.05) is 54.6 Å². The first-order valence-electron chi connectivity index (χ1n) is 9.46. The molecule has 0 aliphatic heterocycles. The molecule has 7 heteroatoms. The zero-order valence-corrected chi connectivity index (χ0v) is 16.2. The second-order valence-electron chi connectivity index (χ2n) is 6.43. The number of carbonyl (C=O) groups excluding carboxylic acids is 1. The Balaban J connectivity index is 1.37. The predicted octanol–water partition coefficient (Wildman–Crippen LogP) is 4.72. The quantitative estimate of drug-likeness (QED) is 0.183. The van der Waals surface area contributed by atoms with Gasteiger partial charge in [0, 0.05) is 18.7 Å². The summed E-state index contributed by atoms with van der Waals surface area (Å²) in [6.45, 7) is 0.791. The molecule has 0 aliphatic carbocycles. The van der Waals surface area contributed by atoms with E-state index in [1.807, 2.05) is 42.5 Å². The fraction of sp³-hybridized carbons (Fsp3) is 0.130. The molecule has 0 saturated carbocycles. The fourth-order valence-electron chi connectivity index (χ4n) is 2.69. The summed E-state index contributed by atoms with van der Waals surface area (Å²) in [6.07, 6.45) is 4.91. The van der Waals surface area contributed by atoms with Crippen LogP contribution in [0.25, 0.3) is 17.2 Å². The molecule has 1 heterocycles. The number of nitro groups is 1. The molecule has 0 saturated heterocycles. The number of anilines is 1. The highest BCUT2D eigenvalue weighted by atomic mass is 16.6. The van der Waals surface area contributed by atoms with Crippen molar-refractivity contribution in [1.29, 1.82) is 0 Å². The monoisotopic (exact) mass is 403 g/mol. The Hall–Kier alpha value is -4.00. The Morgan fingerprint density at radius 3 is 2.43 bits per heavy atom. The van der Waals surface area contributed by atoms with Crippen LogP contribution in [-0.4, -0.2) is 29.0 Å². The molecule has 7 nitrogen and oxygen atoms in total. The van der Waals surface area contributed by atoms with Crippen molar-refractivity contribution in [2.24, 2.45) is 0 Å². The van der Waals surface area contributed by atoms with Crippen molar-refractivity contribution in [3.8, 4) is 11.1 Å². The summed E-state index contributed by atoms with van der Waals surface area (Å²) in [5, 5.41) is 13.6. The molecule has 3 rings (SSSR count). The van der Waals surface area contributed by atoms with Crippen LogP contribution in [0.5, 0.6) is 0 Å². The third-order valence-electron chi connectivity index (χ3n) is 4.26. The second kappa shape index (κ2) is 10.5. The lowest BCUT2D eigenvalue weighted by Gasteiger charge is -2.05. The molecule has 1 aromatic heterocycles. The Kier molecular flexibility index (Phi) is 7.27. The molecule has 0 unspecified atom stereocenters. The number of hydrogen-bond donors (Lipinski definition) is 1. The number of rotatable bonds is 9. The minimum absolute atomic E-state index is 0.0593. The summed E-state index contributed by atoms with van der Waals surface area (Å²) in [4.78, 5) is 25.9. The van der Waals surface area contributed by atoms with Crippen LogP contribution in [0, 0.1) is 10.1 Å². The highest BCUT2D eigenvalue weighted by Gasteiger charge is 2.05. The molecule has 0 atom stereocenters. The highest BCUT2D eigenvalue weighted by molar-refractivity contribution is 5.87. The van der Waals surface area contributed by atoms with E-state index in [0.29, 0.717) is 18.8 Å². The van der Waals surface area contributed by atoms with Crippen molar-refractivity contribution in [2.45, 2.75) is 6.42 Å². The van der Waals surface area contributed by atoms with Crippen molar-refractivity contribution in [2.75, 3.05) is 18.5 Å². The maximum Gasteiger partial charge on any atom is 0.330 e. The lowest BCUT2D eigenvalue weighted by atomic mass is 10.0. The normalized spacial score (nSPS) is 10.7. The van der Waals surface area contributed by atoms with Gasteiger partial charge in [0.25, 0.3) is 5.69 Å². The molecule has 0 aliphatic rings. The van der Waals surface area contributed by atoms with E-state index in [2.05, 4.69) is 22.4 Å². The molecule has 152 valence electrons. The van der Waals surface area contributed by atoms with Gasteiger partial charge in [-0.15, -0.1) is 0 Å². The van der Waals surface area contributed by atoms with Crippen LogP contribution in [-0.2, 0) is 9.53 Å². The molecule has 3 aromatic rings. The van der Waals surface area contributed by atoms with Crippen LogP contribution >= 0.6 is 0 Å². The van der Waals surface area contributed by atoms with Gasteiger partial charge in [-0.3, -0.25) is 10.1 Å². The van der Waals surface area contributed by atoms with Crippen molar-refractivity contribution in [3.63, 3.8) is 0 Å². The average molecular weight is 403 g/mol. The Morgan fingerprint density at radius 2 is 1.77 bits per heavy atom. The molecular formula is C23H21N3O4. The summed E-state index contributed by atoms with van der Waals surface area (Å²) < 4.78 is 5.17. The maximum atomic E-state index is 11.8. The van der Waals surface area contributed by atoms with E-state index in [0.717, 1.165) is 16.7 Å². The summed E-state index contributed by atoms with van der Waals surface area (Å²) in [5.41, 5.74) is 3.11. The molecular weight excluding hydrogens is 382 g/mol. The number of esters is 1. The maximum absolute atomic E-state index is 11.8. The number of hydrogen-bond acceptors (Lipinski definition) is 6. The second-order valence-corrected chi connectivity index (χ2v) is 6.43.